The Kier molecular flexibility index (Phi) is 8.59. The van der Waals surface area contributed by atoms with Gasteiger partial charge in [-0.05, 0) is 49.4 Å². The van der Waals surface area contributed by atoms with Gasteiger partial charge < -0.3 is 10.1 Å². The quantitative estimate of drug-likeness (QED) is 0.195. The van der Waals surface area contributed by atoms with E-state index in [2.05, 4.69) is 10.0 Å². The van der Waals surface area contributed by atoms with Gasteiger partial charge in [0.15, 0.2) is 6.10 Å². The fourth-order valence-electron chi connectivity index (χ4n) is 2.85. The van der Waals surface area contributed by atoms with E-state index in [1.54, 1.807) is 0 Å². The predicted octanol–water partition coefficient (Wildman–Crippen LogP) is 5.68. The summed E-state index contributed by atoms with van der Waals surface area (Å²) in [6, 6.07) is 9.69. The van der Waals surface area contributed by atoms with Crippen LogP contribution in [0, 0.1) is 15.9 Å². The largest absolute Gasteiger partial charge is 0.449 e. The molecule has 1 atom stereocenters. The van der Waals surface area contributed by atoms with E-state index in [-0.39, 0.29) is 32.1 Å². The van der Waals surface area contributed by atoms with Crippen LogP contribution in [0.15, 0.2) is 59.5 Å². The molecule has 37 heavy (non-hydrogen) atoms. The van der Waals surface area contributed by atoms with Crippen LogP contribution >= 0.6 is 34.8 Å². The Morgan fingerprint density at radius 2 is 1.65 bits per heavy atom. The Hall–Kier alpha value is -3.45. The second kappa shape index (κ2) is 11.3. The number of non-ortho nitro benzene ring substituents is 1. The van der Waals surface area contributed by atoms with E-state index in [0.717, 1.165) is 36.4 Å². The number of halogens is 4. The third kappa shape index (κ3) is 6.86. The average molecular weight is 591 g/mol. The zero-order valence-electron chi connectivity index (χ0n) is 18.5. The number of nitrogens with zero attached hydrogens (tertiary/aromatic N) is 1. The molecule has 3 aromatic carbocycles. The molecule has 0 spiro atoms. The Balaban J connectivity index is 1.78. The van der Waals surface area contributed by atoms with Gasteiger partial charge in [-0.3, -0.25) is 19.6 Å². The lowest BCUT2D eigenvalue weighted by atomic mass is 10.2. The first-order valence-corrected chi connectivity index (χ1v) is 12.6. The summed E-state index contributed by atoms with van der Waals surface area (Å²) >= 11 is 18.0. The fourth-order valence-corrected chi connectivity index (χ4v) is 4.98. The zero-order valence-corrected chi connectivity index (χ0v) is 21.6. The van der Waals surface area contributed by atoms with Crippen LogP contribution in [-0.2, 0) is 19.6 Å². The predicted molar refractivity (Wildman–Crippen MR) is 135 cm³/mol. The van der Waals surface area contributed by atoms with Crippen molar-refractivity contribution < 1.29 is 32.1 Å². The van der Waals surface area contributed by atoms with E-state index in [1.165, 1.54) is 25.1 Å². The number of carbonyl (C=O) groups is 2. The number of nitrogens with one attached hydrogen (secondary N) is 2. The van der Waals surface area contributed by atoms with Gasteiger partial charge >= 0.3 is 5.97 Å². The molecule has 0 aliphatic carbocycles. The third-order valence-corrected chi connectivity index (χ3v) is 7.17. The number of sulfonamides is 1. The van der Waals surface area contributed by atoms with Crippen LogP contribution in [0.3, 0.4) is 0 Å². The minimum atomic E-state index is -4.34. The molecular weight excluding hydrogens is 576 g/mol. The van der Waals surface area contributed by atoms with Crippen LogP contribution in [-0.4, -0.2) is 31.3 Å². The highest BCUT2D eigenvalue weighted by Gasteiger charge is 2.26. The molecule has 10 nitrogen and oxygen atoms in total. The summed E-state index contributed by atoms with van der Waals surface area (Å²) in [6.07, 6.45) is -1.41. The van der Waals surface area contributed by atoms with Gasteiger partial charge in [0.25, 0.3) is 21.6 Å². The molecule has 194 valence electrons. The van der Waals surface area contributed by atoms with Crippen LogP contribution in [0.25, 0.3) is 0 Å². The summed E-state index contributed by atoms with van der Waals surface area (Å²) < 4.78 is 46.1. The summed E-state index contributed by atoms with van der Waals surface area (Å²) in [4.78, 5) is 34.8. The van der Waals surface area contributed by atoms with E-state index in [0.29, 0.717) is 0 Å². The van der Waals surface area contributed by atoms with Crippen molar-refractivity contribution in [2.45, 2.75) is 17.9 Å². The molecule has 2 N–H and O–H groups in total. The molecule has 3 rings (SSSR count). The lowest BCUT2D eigenvalue weighted by Gasteiger charge is -2.16. The Morgan fingerprint density at radius 3 is 2.24 bits per heavy atom. The molecule has 0 radical (unpaired) electrons. The molecule has 1 unspecified atom stereocenters. The van der Waals surface area contributed by atoms with E-state index < -0.39 is 49.2 Å². The number of hydrogen-bond donors (Lipinski definition) is 2. The molecule has 1 amide bonds. The van der Waals surface area contributed by atoms with Crippen molar-refractivity contribution in [3.8, 4) is 0 Å². The van der Waals surface area contributed by atoms with Gasteiger partial charge in [-0.1, -0.05) is 34.8 Å². The SMILES string of the molecule is CC(OC(=O)c1cc(S(=O)(=O)Nc2ccc(F)cc2)c(Cl)cc1Cl)C(=O)Nc1ccc([N+](=O)[O-])cc1Cl. The van der Waals surface area contributed by atoms with Crippen LogP contribution in [0.1, 0.15) is 17.3 Å². The Labute approximate surface area is 224 Å². The average Bonchev–Trinajstić information content (AvgIpc) is 2.81. The topological polar surface area (TPSA) is 145 Å². The van der Waals surface area contributed by atoms with Gasteiger partial charge in [0.1, 0.15) is 10.7 Å². The maximum atomic E-state index is 13.1. The number of ether oxygens (including phenoxy) is 1. The molecule has 0 saturated carbocycles. The monoisotopic (exact) mass is 589 g/mol. The summed E-state index contributed by atoms with van der Waals surface area (Å²) in [5.41, 5.74) is -0.630. The first-order chi connectivity index (χ1) is 17.3. The van der Waals surface area contributed by atoms with Crippen molar-refractivity contribution in [3.63, 3.8) is 0 Å². The van der Waals surface area contributed by atoms with Gasteiger partial charge in [-0.2, -0.15) is 0 Å². The van der Waals surface area contributed by atoms with Crippen LogP contribution in [0.5, 0.6) is 0 Å². The highest BCUT2D eigenvalue weighted by Crippen LogP contribution is 2.31. The smallest absolute Gasteiger partial charge is 0.340 e. The Morgan fingerprint density at radius 1 is 1.00 bits per heavy atom. The normalized spacial score (nSPS) is 11.9. The first-order valence-electron chi connectivity index (χ1n) is 10.0. The number of hydrogen-bond acceptors (Lipinski definition) is 7. The molecule has 0 heterocycles. The second-order valence-electron chi connectivity index (χ2n) is 7.33. The molecule has 0 aromatic heterocycles. The first kappa shape index (κ1) is 28.1. The zero-order chi connectivity index (χ0) is 27.5. The lowest BCUT2D eigenvalue weighted by Crippen LogP contribution is -2.30. The van der Waals surface area contributed by atoms with Crippen molar-refractivity contribution in [2.75, 3.05) is 10.0 Å². The number of amides is 1. The van der Waals surface area contributed by atoms with Gasteiger partial charge in [0.2, 0.25) is 0 Å². The van der Waals surface area contributed by atoms with Crippen molar-refractivity contribution in [3.05, 3.63) is 91.2 Å². The van der Waals surface area contributed by atoms with Gasteiger partial charge in [-0.15, -0.1) is 0 Å². The van der Waals surface area contributed by atoms with Gasteiger partial charge in [0.05, 0.1) is 31.2 Å². The number of benzene rings is 3. The number of esters is 1. The molecule has 0 bridgehead atoms. The maximum absolute atomic E-state index is 13.1. The standard InChI is InChI=1S/C22H15Cl3FN3O7S/c1-11(21(30)27-19-7-6-14(29(32)33)8-17(19)24)36-22(31)15-9-20(18(25)10-16(15)23)37(34,35)28-13-4-2-12(26)3-5-13/h2-11,28H,1H3,(H,27,30). The summed E-state index contributed by atoms with van der Waals surface area (Å²) in [5.74, 6) is -2.55. The van der Waals surface area contributed by atoms with Crippen molar-refractivity contribution >= 4 is 73.8 Å². The fraction of sp³-hybridized carbons (Fsp3) is 0.0909. The molecule has 0 aliphatic rings. The summed E-state index contributed by atoms with van der Waals surface area (Å²) in [7, 11) is -4.34. The number of carbonyl (C=O) groups excluding carboxylic acids is 2. The second-order valence-corrected chi connectivity index (χ2v) is 10.2. The van der Waals surface area contributed by atoms with E-state index in [4.69, 9.17) is 39.5 Å². The molecule has 3 aromatic rings. The molecular formula is C22H15Cl3FN3O7S. The Bertz CT molecular complexity index is 1500. The minimum Gasteiger partial charge on any atom is -0.449 e. The number of rotatable bonds is 8. The molecule has 0 aliphatic heterocycles. The molecule has 15 heteroatoms. The number of nitro benzene ring substituents is 1. The molecule has 0 fully saturated rings. The number of anilines is 2. The van der Waals surface area contributed by atoms with Crippen molar-refractivity contribution in [1.82, 2.24) is 0 Å². The van der Waals surface area contributed by atoms with E-state index in [9.17, 15) is 32.5 Å². The van der Waals surface area contributed by atoms with Gasteiger partial charge in [0, 0.05) is 17.8 Å². The summed E-state index contributed by atoms with van der Waals surface area (Å²) in [6.45, 7) is 1.23. The summed E-state index contributed by atoms with van der Waals surface area (Å²) in [5, 5.41) is 12.5. The van der Waals surface area contributed by atoms with E-state index in [1.807, 2.05) is 0 Å². The van der Waals surface area contributed by atoms with Gasteiger partial charge in [-0.25, -0.2) is 17.6 Å². The van der Waals surface area contributed by atoms with Crippen LogP contribution < -0.4 is 10.0 Å². The minimum absolute atomic E-state index is 0.0324. The maximum Gasteiger partial charge on any atom is 0.340 e. The van der Waals surface area contributed by atoms with Crippen molar-refractivity contribution in [1.29, 1.82) is 0 Å². The lowest BCUT2D eigenvalue weighted by molar-refractivity contribution is -0.384. The number of nitro groups is 1. The van der Waals surface area contributed by atoms with E-state index >= 15 is 0 Å². The molecule has 0 saturated heterocycles. The highest BCUT2D eigenvalue weighted by atomic mass is 35.5. The highest BCUT2D eigenvalue weighted by molar-refractivity contribution is 7.92. The third-order valence-electron chi connectivity index (χ3n) is 4.70. The van der Waals surface area contributed by atoms with Crippen LogP contribution in [0.4, 0.5) is 21.5 Å². The van der Waals surface area contributed by atoms with Crippen LogP contribution in [0.2, 0.25) is 15.1 Å². The van der Waals surface area contributed by atoms with Crippen molar-refractivity contribution in [2.24, 2.45) is 0 Å².